The topological polar surface area (TPSA) is 113 Å². The van der Waals surface area contributed by atoms with E-state index >= 15 is 0 Å². The normalized spacial score (nSPS) is 10.3. The van der Waals surface area contributed by atoms with Crippen LogP contribution in [0.3, 0.4) is 0 Å². The van der Waals surface area contributed by atoms with E-state index in [1.807, 2.05) is 0 Å². The molecule has 0 fully saturated rings. The molecule has 3 rings (SSSR count). The number of non-ortho nitro benzene ring substituents is 1. The number of nitro benzene ring substituents is 1. The molecule has 0 aliphatic heterocycles. The van der Waals surface area contributed by atoms with Crippen LogP contribution in [-0.4, -0.2) is 29.6 Å². The van der Waals surface area contributed by atoms with Gasteiger partial charge in [0.1, 0.15) is 0 Å². The lowest BCUT2D eigenvalue weighted by atomic mass is 10.2. The first-order valence-corrected chi connectivity index (χ1v) is 8.88. The number of rotatable bonds is 7. The van der Waals surface area contributed by atoms with Crippen molar-refractivity contribution in [2.75, 3.05) is 19.5 Å². The van der Waals surface area contributed by atoms with Crippen LogP contribution in [0.4, 0.5) is 11.4 Å². The fourth-order valence-corrected chi connectivity index (χ4v) is 2.83. The molecule has 0 radical (unpaired) electrons. The number of nitrogens with zero attached hydrogens (tertiary/aromatic N) is 2. The summed E-state index contributed by atoms with van der Waals surface area (Å²) in [7, 11) is 3.02. The number of nitro groups is 1. The quantitative estimate of drug-likeness (QED) is 0.474. The molecule has 3 aromatic rings. The van der Waals surface area contributed by atoms with E-state index in [0.717, 1.165) is 0 Å². The second-order valence-electron chi connectivity index (χ2n) is 6.33. The first kappa shape index (κ1) is 20.6. The highest BCUT2D eigenvalue weighted by Crippen LogP contribution is 2.29. The Kier molecular flexibility index (Phi) is 6.11. The number of ether oxygens (including phenoxy) is 2. The van der Waals surface area contributed by atoms with Gasteiger partial charge in [-0.25, -0.2) is 0 Å². The lowest BCUT2D eigenvalue weighted by Gasteiger charge is -2.12. The van der Waals surface area contributed by atoms with Crippen LogP contribution in [0.25, 0.3) is 0 Å². The number of pyridine rings is 1. The van der Waals surface area contributed by atoms with Crippen molar-refractivity contribution in [3.63, 3.8) is 0 Å². The van der Waals surface area contributed by atoms with Crippen molar-refractivity contribution in [3.8, 4) is 11.5 Å². The average molecular weight is 409 g/mol. The summed E-state index contributed by atoms with van der Waals surface area (Å²) in [6.45, 7) is 0.175. The summed E-state index contributed by atoms with van der Waals surface area (Å²) >= 11 is 0. The highest BCUT2D eigenvalue weighted by molar-refractivity contribution is 6.04. The van der Waals surface area contributed by atoms with Gasteiger partial charge in [0.2, 0.25) is 0 Å². The Morgan fingerprint density at radius 2 is 1.73 bits per heavy atom. The van der Waals surface area contributed by atoms with E-state index in [9.17, 15) is 19.7 Å². The van der Waals surface area contributed by atoms with Gasteiger partial charge in [0.15, 0.2) is 11.5 Å². The number of carbonyl (C=O) groups is 1. The van der Waals surface area contributed by atoms with E-state index in [4.69, 9.17) is 9.47 Å². The molecule has 30 heavy (non-hydrogen) atoms. The lowest BCUT2D eigenvalue weighted by molar-refractivity contribution is -0.384. The molecule has 0 saturated heterocycles. The van der Waals surface area contributed by atoms with Crippen molar-refractivity contribution in [2.24, 2.45) is 0 Å². The van der Waals surface area contributed by atoms with Gasteiger partial charge in [-0.2, -0.15) is 0 Å². The van der Waals surface area contributed by atoms with Crippen LogP contribution < -0.4 is 20.3 Å². The van der Waals surface area contributed by atoms with Crippen molar-refractivity contribution in [1.29, 1.82) is 0 Å². The molecule has 0 saturated carbocycles. The summed E-state index contributed by atoms with van der Waals surface area (Å²) in [4.78, 5) is 35.1. The third-order valence-corrected chi connectivity index (χ3v) is 4.39. The molecule has 0 aliphatic rings. The summed E-state index contributed by atoms with van der Waals surface area (Å²) in [5.74, 6) is 0.602. The third kappa shape index (κ3) is 4.64. The van der Waals surface area contributed by atoms with Gasteiger partial charge in [-0.15, -0.1) is 0 Å². The van der Waals surface area contributed by atoms with Gasteiger partial charge >= 0.3 is 0 Å². The highest BCUT2D eigenvalue weighted by atomic mass is 16.6. The first-order chi connectivity index (χ1) is 14.4. The van der Waals surface area contributed by atoms with Gasteiger partial charge in [0, 0.05) is 36.1 Å². The molecule has 1 amide bonds. The molecule has 1 N–H and O–H groups in total. The van der Waals surface area contributed by atoms with E-state index in [0.29, 0.717) is 22.7 Å². The Morgan fingerprint density at radius 1 is 1.03 bits per heavy atom. The van der Waals surface area contributed by atoms with Gasteiger partial charge in [0.25, 0.3) is 17.2 Å². The third-order valence-electron chi connectivity index (χ3n) is 4.39. The molecular weight excluding hydrogens is 390 g/mol. The fraction of sp³-hybridized carbons (Fsp3) is 0.143. The number of aromatic nitrogens is 1. The zero-order chi connectivity index (χ0) is 21.7. The molecule has 1 heterocycles. The minimum Gasteiger partial charge on any atom is -0.493 e. The summed E-state index contributed by atoms with van der Waals surface area (Å²) in [5, 5.41) is 13.5. The number of methoxy groups -OCH3 is 2. The maximum Gasteiger partial charge on any atom is 0.269 e. The van der Waals surface area contributed by atoms with Crippen LogP contribution >= 0.6 is 0 Å². The van der Waals surface area contributed by atoms with Crippen molar-refractivity contribution in [2.45, 2.75) is 6.54 Å². The van der Waals surface area contributed by atoms with Crippen molar-refractivity contribution in [3.05, 3.63) is 92.4 Å². The minimum atomic E-state index is -0.491. The van der Waals surface area contributed by atoms with E-state index in [-0.39, 0.29) is 23.4 Å². The zero-order valence-corrected chi connectivity index (χ0v) is 16.3. The minimum absolute atomic E-state index is 0.0332. The Labute approximate surface area is 171 Å². The first-order valence-electron chi connectivity index (χ1n) is 8.88. The Hall–Kier alpha value is -4.14. The number of amides is 1. The average Bonchev–Trinajstić information content (AvgIpc) is 2.75. The number of carbonyl (C=O) groups excluding carboxylic acids is 1. The number of hydrogen-bond donors (Lipinski definition) is 1. The second kappa shape index (κ2) is 8.91. The summed E-state index contributed by atoms with van der Waals surface area (Å²) < 4.78 is 11.8. The highest BCUT2D eigenvalue weighted by Gasteiger charge is 2.11. The van der Waals surface area contributed by atoms with E-state index < -0.39 is 10.8 Å². The van der Waals surface area contributed by atoms with Gasteiger partial charge in [-0.1, -0.05) is 12.1 Å². The Bertz CT molecular complexity index is 1140. The Morgan fingerprint density at radius 3 is 2.37 bits per heavy atom. The standard InChI is InChI=1S/C21H19N3O6/c1-29-18-9-6-16(11-19(18)30-2)22-21(26)15-5-10-20(25)23(13-15)12-14-3-7-17(8-4-14)24(27)28/h3-11,13H,12H2,1-2H3,(H,22,26). The molecule has 0 bridgehead atoms. The van der Waals surface area contributed by atoms with E-state index in [1.54, 1.807) is 30.3 Å². The van der Waals surface area contributed by atoms with Crippen LogP contribution in [0.2, 0.25) is 0 Å². The number of hydrogen-bond acceptors (Lipinski definition) is 6. The van der Waals surface area contributed by atoms with Crippen LogP contribution in [-0.2, 0) is 6.54 Å². The molecule has 0 spiro atoms. The van der Waals surface area contributed by atoms with E-state index in [1.165, 1.54) is 49.2 Å². The van der Waals surface area contributed by atoms with Crippen LogP contribution in [0.1, 0.15) is 15.9 Å². The van der Waals surface area contributed by atoms with Crippen LogP contribution in [0.15, 0.2) is 65.6 Å². The lowest BCUT2D eigenvalue weighted by Crippen LogP contribution is -2.22. The van der Waals surface area contributed by atoms with Gasteiger partial charge < -0.3 is 19.4 Å². The van der Waals surface area contributed by atoms with E-state index in [2.05, 4.69) is 5.32 Å². The molecule has 154 valence electrons. The predicted octanol–water partition coefficient (Wildman–Crippen LogP) is 3.07. The summed E-state index contributed by atoms with van der Waals surface area (Å²) in [6, 6.07) is 13.6. The maximum absolute atomic E-state index is 12.6. The largest absolute Gasteiger partial charge is 0.493 e. The molecule has 1 aromatic heterocycles. The molecule has 0 atom stereocenters. The summed E-state index contributed by atoms with van der Waals surface area (Å²) in [6.07, 6.45) is 1.44. The molecule has 9 heteroatoms. The molecule has 0 aliphatic carbocycles. The van der Waals surface area contributed by atoms with Crippen molar-refractivity contribution in [1.82, 2.24) is 4.57 Å². The monoisotopic (exact) mass is 409 g/mol. The van der Waals surface area contributed by atoms with Crippen molar-refractivity contribution >= 4 is 17.3 Å². The molecular formula is C21H19N3O6. The van der Waals surface area contributed by atoms with Gasteiger partial charge in [0.05, 0.1) is 31.3 Å². The van der Waals surface area contributed by atoms with Crippen LogP contribution in [0, 0.1) is 10.1 Å². The Balaban J connectivity index is 1.79. The summed E-state index contributed by atoms with van der Waals surface area (Å²) in [5.41, 5.74) is 1.15. The zero-order valence-electron chi connectivity index (χ0n) is 16.3. The van der Waals surface area contributed by atoms with Crippen molar-refractivity contribution < 1.29 is 19.2 Å². The molecule has 0 unspecified atom stereocenters. The second-order valence-corrected chi connectivity index (χ2v) is 6.33. The maximum atomic E-state index is 12.6. The molecule has 2 aromatic carbocycles. The number of benzene rings is 2. The van der Waals surface area contributed by atoms with Crippen LogP contribution in [0.5, 0.6) is 11.5 Å². The van der Waals surface area contributed by atoms with Gasteiger partial charge in [-0.3, -0.25) is 19.7 Å². The molecule has 9 nitrogen and oxygen atoms in total. The number of anilines is 1. The SMILES string of the molecule is COc1ccc(NC(=O)c2ccc(=O)n(Cc3ccc([N+](=O)[O-])cc3)c2)cc1OC. The predicted molar refractivity (Wildman–Crippen MR) is 110 cm³/mol. The number of nitrogens with one attached hydrogen (secondary N) is 1. The van der Waals surface area contributed by atoms with Gasteiger partial charge in [-0.05, 0) is 23.8 Å². The fourth-order valence-electron chi connectivity index (χ4n) is 2.83. The smallest absolute Gasteiger partial charge is 0.269 e.